The molecule has 0 amide bonds. The first-order chi connectivity index (χ1) is 12.2. The summed E-state index contributed by atoms with van der Waals surface area (Å²) >= 11 is 0. The molecule has 0 saturated heterocycles. The van der Waals surface area contributed by atoms with Crippen molar-refractivity contribution in [3.63, 3.8) is 0 Å². The largest absolute Gasteiger partial charge is 0.475 e. The number of nitrogens with one attached hydrogen (secondary N) is 1. The molecule has 0 spiro atoms. The SMILES string of the molecule is OC1CCC(COc2nc(Nc3cnn(C4CC4)c3)ncc2F)CC1. The summed E-state index contributed by atoms with van der Waals surface area (Å²) in [6, 6.07) is 0.498. The van der Waals surface area contributed by atoms with Gasteiger partial charge in [-0.1, -0.05) is 0 Å². The van der Waals surface area contributed by atoms with Gasteiger partial charge in [0.15, 0.2) is 0 Å². The predicted molar refractivity (Wildman–Crippen MR) is 89.2 cm³/mol. The van der Waals surface area contributed by atoms with E-state index in [1.165, 1.54) is 0 Å². The van der Waals surface area contributed by atoms with Crippen molar-refractivity contribution in [1.29, 1.82) is 0 Å². The number of halogens is 1. The van der Waals surface area contributed by atoms with Gasteiger partial charge in [0.1, 0.15) is 0 Å². The van der Waals surface area contributed by atoms with E-state index in [0.29, 0.717) is 18.6 Å². The number of ether oxygens (including phenoxy) is 1. The lowest BCUT2D eigenvalue weighted by Gasteiger charge is -2.25. The van der Waals surface area contributed by atoms with Crippen molar-refractivity contribution < 1.29 is 14.2 Å². The highest BCUT2D eigenvalue weighted by Gasteiger charge is 2.24. The third-order valence-electron chi connectivity index (χ3n) is 4.76. The van der Waals surface area contributed by atoms with Crippen molar-refractivity contribution in [3.8, 4) is 5.88 Å². The minimum absolute atomic E-state index is 0.0433. The van der Waals surface area contributed by atoms with Crippen LogP contribution in [0.2, 0.25) is 0 Å². The molecule has 0 radical (unpaired) electrons. The highest BCUT2D eigenvalue weighted by molar-refractivity contribution is 5.50. The van der Waals surface area contributed by atoms with Gasteiger partial charge in [-0.3, -0.25) is 4.68 Å². The van der Waals surface area contributed by atoms with Crippen molar-refractivity contribution in [1.82, 2.24) is 19.7 Å². The molecule has 25 heavy (non-hydrogen) atoms. The lowest BCUT2D eigenvalue weighted by atomic mass is 9.88. The van der Waals surface area contributed by atoms with Crippen molar-refractivity contribution in [2.75, 3.05) is 11.9 Å². The van der Waals surface area contributed by atoms with Crippen LogP contribution in [0, 0.1) is 11.7 Å². The van der Waals surface area contributed by atoms with E-state index >= 15 is 0 Å². The molecule has 2 saturated carbocycles. The van der Waals surface area contributed by atoms with E-state index in [4.69, 9.17) is 4.74 Å². The molecule has 2 heterocycles. The Labute approximate surface area is 145 Å². The zero-order valence-corrected chi connectivity index (χ0v) is 13.9. The Hall–Kier alpha value is -2.22. The molecule has 2 aromatic heterocycles. The Balaban J connectivity index is 1.37. The molecule has 7 nitrogen and oxygen atoms in total. The Bertz CT molecular complexity index is 726. The number of aliphatic hydroxyl groups is 1. The lowest BCUT2D eigenvalue weighted by Crippen LogP contribution is -2.23. The summed E-state index contributed by atoms with van der Waals surface area (Å²) in [4.78, 5) is 8.09. The average molecular weight is 347 g/mol. The number of aromatic nitrogens is 4. The summed E-state index contributed by atoms with van der Waals surface area (Å²) < 4.78 is 21.4. The van der Waals surface area contributed by atoms with E-state index in [0.717, 1.165) is 50.4 Å². The van der Waals surface area contributed by atoms with Crippen LogP contribution >= 0.6 is 0 Å². The molecule has 2 fully saturated rings. The number of nitrogens with zero attached hydrogens (tertiary/aromatic N) is 4. The van der Waals surface area contributed by atoms with Crippen molar-refractivity contribution in [2.45, 2.75) is 50.7 Å². The van der Waals surface area contributed by atoms with Crippen LogP contribution in [0.15, 0.2) is 18.6 Å². The monoisotopic (exact) mass is 347 g/mol. The summed E-state index contributed by atoms with van der Waals surface area (Å²) in [5.74, 6) is -0.00922. The maximum Gasteiger partial charge on any atom is 0.255 e. The third-order valence-corrected chi connectivity index (χ3v) is 4.76. The van der Waals surface area contributed by atoms with Gasteiger partial charge < -0.3 is 15.2 Å². The van der Waals surface area contributed by atoms with Gasteiger partial charge in [0.25, 0.3) is 5.88 Å². The first kappa shape index (κ1) is 16.3. The van der Waals surface area contributed by atoms with E-state index in [1.54, 1.807) is 6.20 Å². The maximum atomic E-state index is 13.9. The van der Waals surface area contributed by atoms with Crippen LogP contribution in [0.3, 0.4) is 0 Å². The quantitative estimate of drug-likeness (QED) is 0.836. The molecule has 2 aliphatic rings. The molecule has 2 aliphatic carbocycles. The minimum Gasteiger partial charge on any atom is -0.475 e. The van der Waals surface area contributed by atoms with Gasteiger partial charge >= 0.3 is 0 Å². The first-order valence-corrected chi connectivity index (χ1v) is 8.82. The highest BCUT2D eigenvalue weighted by Crippen LogP contribution is 2.34. The topological polar surface area (TPSA) is 85.1 Å². The summed E-state index contributed by atoms with van der Waals surface area (Å²) in [5, 5.41) is 16.9. The maximum absolute atomic E-state index is 13.9. The van der Waals surface area contributed by atoms with Crippen LogP contribution in [0.25, 0.3) is 0 Å². The van der Waals surface area contributed by atoms with E-state index in [9.17, 15) is 9.50 Å². The minimum atomic E-state index is -0.574. The molecule has 134 valence electrons. The zero-order chi connectivity index (χ0) is 17.2. The fourth-order valence-electron chi connectivity index (χ4n) is 3.09. The number of aliphatic hydroxyl groups excluding tert-OH is 1. The second-order valence-electron chi connectivity index (χ2n) is 6.90. The van der Waals surface area contributed by atoms with Crippen molar-refractivity contribution >= 4 is 11.6 Å². The molecule has 0 atom stereocenters. The number of hydrogen-bond donors (Lipinski definition) is 2. The van der Waals surface area contributed by atoms with Crippen LogP contribution in [0.1, 0.15) is 44.6 Å². The normalized spacial score (nSPS) is 23.4. The molecule has 2 N–H and O–H groups in total. The van der Waals surface area contributed by atoms with Crippen LogP contribution in [0.5, 0.6) is 5.88 Å². The molecule has 0 aromatic carbocycles. The summed E-state index contributed by atoms with van der Waals surface area (Å²) in [7, 11) is 0. The van der Waals surface area contributed by atoms with Gasteiger partial charge in [0.05, 0.1) is 36.8 Å². The lowest BCUT2D eigenvalue weighted by molar-refractivity contribution is 0.0899. The molecule has 2 aromatic rings. The number of anilines is 2. The summed E-state index contributed by atoms with van der Waals surface area (Å²) in [6.45, 7) is 0.402. The molecular weight excluding hydrogens is 325 g/mol. The van der Waals surface area contributed by atoms with Crippen LogP contribution in [-0.2, 0) is 0 Å². The molecule has 0 aliphatic heterocycles. The third kappa shape index (κ3) is 4.07. The molecule has 0 bridgehead atoms. The fraction of sp³-hybridized carbons (Fsp3) is 0.588. The van der Waals surface area contributed by atoms with Gasteiger partial charge in [-0.15, -0.1) is 0 Å². The smallest absolute Gasteiger partial charge is 0.255 e. The fourth-order valence-corrected chi connectivity index (χ4v) is 3.09. The van der Waals surface area contributed by atoms with Gasteiger partial charge in [-0.2, -0.15) is 14.5 Å². The molecule has 4 rings (SSSR count). The van der Waals surface area contributed by atoms with Crippen LogP contribution in [0.4, 0.5) is 16.0 Å². The highest BCUT2D eigenvalue weighted by atomic mass is 19.1. The second-order valence-corrected chi connectivity index (χ2v) is 6.90. The van der Waals surface area contributed by atoms with E-state index < -0.39 is 5.82 Å². The van der Waals surface area contributed by atoms with Gasteiger partial charge in [0.2, 0.25) is 11.8 Å². The van der Waals surface area contributed by atoms with E-state index in [1.807, 2.05) is 10.9 Å². The molecule has 8 heteroatoms. The molecule has 0 unspecified atom stereocenters. The van der Waals surface area contributed by atoms with Crippen LogP contribution < -0.4 is 10.1 Å². The Kier molecular flexibility index (Phi) is 4.52. The van der Waals surface area contributed by atoms with E-state index in [-0.39, 0.29) is 17.9 Å². The molecular formula is C17H22FN5O2. The van der Waals surface area contributed by atoms with Crippen molar-refractivity contribution in [3.05, 3.63) is 24.4 Å². The van der Waals surface area contributed by atoms with E-state index in [2.05, 4.69) is 20.4 Å². The van der Waals surface area contributed by atoms with Crippen molar-refractivity contribution in [2.24, 2.45) is 5.92 Å². The Morgan fingerprint density at radius 2 is 2.00 bits per heavy atom. The summed E-state index contributed by atoms with van der Waals surface area (Å²) in [6.07, 6.45) is 10.2. The van der Waals surface area contributed by atoms with Gasteiger partial charge in [-0.25, -0.2) is 4.98 Å². The average Bonchev–Trinajstić information content (AvgIpc) is 3.36. The zero-order valence-electron chi connectivity index (χ0n) is 13.9. The Morgan fingerprint density at radius 1 is 1.20 bits per heavy atom. The standard InChI is InChI=1S/C17H22FN5O2/c18-15-8-19-17(21-12-7-20-23(9-12)13-3-4-13)22-16(15)25-10-11-1-5-14(24)6-2-11/h7-9,11,13-14,24H,1-6,10H2,(H,19,21,22). The van der Waals surface area contributed by atoms with Gasteiger partial charge in [0, 0.05) is 6.20 Å². The first-order valence-electron chi connectivity index (χ1n) is 8.82. The summed E-state index contributed by atoms with van der Waals surface area (Å²) in [5.41, 5.74) is 0.769. The predicted octanol–water partition coefficient (Wildman–Crippen LogP) is 2.82. The Morgan fingerprint density at radius 3 is 2.76 bits per heavy atom. The van der Waals surface area contributed by atoms with Gasteiger partial charge in [-0.05, 0) is 44.4 Å². The second kappa shape index (κ2) is 6.95. The number of rotatable bonds is 6. The number of hydrogen-bond acceptors (Lipinski definition) is 6. The van der Waals surface area contributed by atoms with Crippen LogP contribution in [-0.4, -0.2) is 37.6 Å².